The van der Waals surface area contributed by atoms with Crippen LogP contribution >= 0.6 is 0 Å². The minimum Gasteiger partial charge on any atom is -0.356 e. The molecule has 0 radical (unpaired) electrons. The number of likely N-dealkylation sites (tertiary alicyclic amines) is 2. The number of hydrogen-bond acceptors (Lipinski definition) is 4. The van der Waals surface area contributed by atoms with E-state index < -0.39 is 0 Å². The molecule has 4 rings (SSSR count). The number of nitrogens with one attached hydrogen (secondary N) is 1. The maximum absolute atomic E-state index is 12.7. The Morgan fingerprint density at radius 1 is 1.17 bits per heavy atom. The fourth-order valence-corrected chi connectivity index (χ4v) is 4.45. The fraction of sp³-hybridized carbons (Fsp3) is 0.714. The van der Waals surface area contributed by atoms with Gasteiger partial charge in [-0.25, -0.2) is 0 Å². The van der Waals surface area contributed by atoms with E-state index in [-0.39, 0.29) is 23.6 Å². The van der Waals surface area contributed by atoms with Gasteiger partial charge in [0.15, 0.2) is 0 Å². The zero-order valence-electron chi connectivity index (χ0n) is 17.4. The van der Waals surface area contributed by atoms with Gasteiger partial charge in [0.2, 0.25) is 11.8 Å². The number of amides is 3. The van der Waals surface area contributed by atoms with Gasteiger partial charge in [0.25, 0.3) is 5.91 Å². The Kier molecular flexibility index (Phi) is 5.61. The molecule has 3 aliphatic rings. The predicted octanol–water partition coefficient (Wildman–Crippen LogP) is 0.955. The first-order chi connectivity index (χ1) is 13.9. The van der Waals surface area contributed by atoms with Gasteiger partial charge in [-0.15, -0.1) is 0 Å². The second kappa shape index (κ2) is 8.16. The number of hydrogen-bond donors (Lipinski definition) is 1. The SMILES string of the molecule is Cc1nn(C)cc1C(=O)N1CCC(CN2CC(C(=O)NCC3CC3)CC2=O)CC1. The highest BCUT2D eigenvalue weighted by atomic mass is 16.2. The Bertz CT molecular complexity index is 792. The van der Waals surface area contributed by atoms with Gasteiger partial charge in [0.1, 0.15) is 0 Å². The summed E-state index contributed by atoms with van der Waals surface area (Å²) in [5.41, 5.74) is 1.43. The van der Waals surface area contributed by atoms with Gasteiger partial charge in [0, 0.05) is 52.4 Å². The van der Waals surface area contributed by atoms with Crippen LogP contribution in [-0.2, 0) is 16.6 Å². The van der Waals surface area contributed by atoms with Gasteiger partial charge in [0.05, 0.1) is 17.2 Å². The first-order valence-electron chi connectivity index (χ1n) is 10.8. The third-order valence-corrected chi connectivity index (χ3v) is 6.47. The molecule has 0 bridgehead atoms. The molecule has 29 heavy (non-hydrogen) atoms. The largest absolute Gasteiger partial charge is 0.356 e. The van der Waals surface area contributed by atoms with E-state index in [9.17, 15) is 14.4 Å². The standard InChI is InChI=1S/C21H31N5O3/c1-14-18(13-24(2)23-14)21(29)25-7-5-16(6-8-25)11-26-12-17(9-19(26)27)20(28)22-10-15-3-4-15/h13,15-17H,3-12H2,1-2H3,(H,22,28). The Morgan fingerprint density at radius 3 is 2.52 bits per heavy atom. The van der Waals surface area contributed by atoms with Crippen molar-refractivity contribution < 1.29 is 14.4 Å². The minimum atomic E-state index is -0.212. The summed E-state index contributed by atoms with van der Waals surface area (Å²) in [7, 11) is 1.82. The lowest BCUT2D eigenvalue weighted by Crippen LogP contribution is -2.42. The molecule has 3 fully saturated rings. The third kappa shape index (κ3) is 4.62. The smallest absolute Gasteiger partial charge is 0.257 e. The number of aryl methyl sites for hydroxylation is 2. The average Bonchev–Trinajstić information content (AvgIpc) is 3.38. The summed E-state index contributed by atoms with van der Waals surface area (Å²) >= 11 is 0. The molecule has 1 aromatic rings. The summed E-state index contributed by atoms with van der Waals surface area (Å²) in [5.74, 6) is 0.970. The van der Waals surface area contributed by atoms with E-state index in [0.717, 1.165) is 25.1 Å². The van der Waals surface area contributed by atoms with Crippen molar-refractivity contribution in [2.75, 3.05) is 32.7 Å². The number of carbonyl (C=O) groups excluding carboxylic acids is 3. The van der Waals surface area contributed by atoms with Crippen LogP contribution in [0.25, 0.3) is 0 Å². The summed E-state index contributed by atoms with van der Waals surface area (Å²) in [5, 5.41) is 7.26. The van der Waals surface area contributed by atoms with E-state index in [1.165, 1.54) is 12.8 Å². The molecule has 8 nitrogen and oxygen atoms in total. The molecular formula is C21H31N5O3. The van der Waals surface area contributed by atoms with E-state index in [4.69, 9.17) is 0 Å². The molecule has 1 saturated carbocycles. The van der Waals surface area contributed by atoms with Gasteiger partial charge < -0.3 is 15.1 Å². The normalized spacial score (nSPS) is 23.0. The van der Waals surface area contributed by atoms with E-state index >= 15 is 0 Å². The van der Waals surface area contributed by atoms with Crippen molar-refractivity contribution in [3.05, 3.63) is 17.5 Å². The van der Waals surface area contributed by atoms with Gasteiger partial charge in [-0.1, -0.05) is 0 Å². The molecule has 0 spiro atoms. The van der Waals surface area contributed by atoms with Crippen LogP contribution in [0.5, 0.6) is 0 Å². The maximum atomic E-state index is 12.7. The second-order valence-corrected chi connectivity index (χ2v) is 8.93. The van der Waals surface area contributed by atoms with Gasteiger partial charge in [-0.2, -0.15) is 5.10 Å². The number of rotatable bonds is 6. The van der Waals surface area contributed by atoms with E-state index in [1.54, 1.807) is 10.9 Å². The van der Waals surface area contributed by atoms with Crippen molar-refractivity contribution in [1.82, 2.24) is 24.9 Å². The molecule has 2 saturated heterocycles. The Hall–Kier alpha value is -2.38. The molecular weight excluding hydrogens is 370 g/mol. The van der Waals surface area contributed by atoms with Crippen LogP contribution in [0.4, 0.5) is 0 Å². The molecule has 0 aromatic carbocycles. The maximum Gasteiger partial charge on any atom is 0.257 e. The summed E-state index contributed by atoms with van der Waals surface area (Å²) in [6.07, 6.45) is 6.28. The highest BCUT2D eigenvalue weighted by molar-refractivity contribution is 5.95. The zero-order valence-corrected chi connectivity index (χ0v) is 17.4. The predicted molar refractivity (Wildman–Crippen MR) is 107 cm³/mol. The van der Waals surface area contributed by atoms with Gasteiger partial charge >= 0.3 is 0 Å². The molecule has 1 aliphatic carbocycles. The lowest BCUT2D eigenvalue weighted by molar-refractivity contribution is -0.129. The molecule has 1 N–H and O–H groups in total. The minimum absolute atomic E-state index is 0.0278. The molecule has 3 amide bonds. The fourth-order valence-electron chi connectivity index (χ4n) is 4.45. The Morgan fingerprint density at radius 2 is 1.90 bits per heavy atom. The molecule has 1 unspecified atom stereocenters. The lowest BCUT2D eigenvalue weighted by Gasteiger charge is -2.34. The summed E-state index contributed by atoms with van der Waals surface area (Å²) in [4.78, 5) is 41.2. The van der Waals surface area contributed by atoms with Crippen molar-refractivity contribution in [3.8, 4) is 0 Å². The highest BCUT2D eigenvalue weighted by Gasteiger charge is 2.36. The first kappa shape index (κ1) is 19.9. The third-order valence-electron chi connectivity index (χ3n) is 6.47. The van der Waals surface area contributed by atoms with Crippen LogP contribution in [0.2, 0.25) is 0 Å². The van der Waals surface area contributed by atoms with Crippen molar-refractivity contribution in [3.63, 3.8) is 0 Å². The quantitative estimate of drug-likeness (QED) is 0.769. The van der Waals surface area contributed by atoms with Gasteiger partial charge in [-0.3, -0.25) is 19.1 Å². The molecule has 1 atom stereocenters. The number of carbonyl (C=O) groups is 3. The van der Waals surface area contributed by atoms with E-state index in [2.05, 4.69) is 10.4 Å². The van der Waals surface area contributed by atoms with Crippen molar-refractivity contribution in [1.29, 1.82) is 0 Å². The van der Waals surface area contributed by atoms with Gasteiger partial charge in [-0.05, 0) is 44.4 Å². The van der Waals surface area contributed by atoms with Crippen molar-refractivity contribution in [2.24, 2.45) is 24.8 Å². The second-order valence-electron chi connectivity index (χ2n) is 8.93. The molecule has 158 valence electrons. The number of piperidine rings is 1. The molecule has 3 heterocycles. The summed E-state index contributed by atoms with van der Waals surface area (Å²) in [6.45, 7) is 5.24. The molecule has 1 aromatic heterocycles. The average molecular weight is 402 g/mol. The van der Waals surface area contributed by atoms with E-state index in [1.807, 2.05) is 23.8 Å². The van der Waals surface area contributed by atoms with Crippen LogP contribution in [0, 0.1) is 24.7 Å². The summed E-state index contributed by atoms with van der Waals surface area (Å²) in [6, 6.07) is 0. The zero-order chi connectivity index (χ0) is 20.5. The highest BCUT2D eigenvalue weighted by Crippen LogP contribution is 2.28. The van der Waals surface area contributed by atoms with Crippen molar-refractivity contribution in [2.45, 2.75) is 39.0 Å². The van der Waals surface area contributed by atoms with Crippen LogP contribution in [-0.4, -0.2) is 70.0 Å². The lowest BCUT2D eigenvalue weighted by atomic mass is 9.95. The Labute approximate surface area is 171 Å². The first-order valence-corrected chi connectivity index (χ1v) is 10.8. The van der Waals surface area contributed by atoms with Crippen LogP contribution in [0.1, 0.15) is 48.2 Å². The topological polar surface area (TPSA) is 87.5 Å². The van der Waals surface area contributed by atoms with Crippen molar-refractivity contribution >= 4 is 17.7 Å². The number of nitrogens with zero attached hydrogens (tertiary/aromatic N) is 4. The van der Waals surface area contributed by atoms with Crippen LogP contribution < -0.4 is 5.32 Å². The Balaban J connectivity index is 1.24. The monoisotopic (exact) mass is 401 g/mol. The van der Waals surface area contributed by atoms with Crippen LogP contribution in [0.3, 0.4) is 0 Å². The molecule has 2 aliphatic heterocycles. The number of aromatic nitrogens is 2. The summed E-state index contributed by atoms with van der Waals surface area (Å²) < 4.78 is 1.67. The molecule has 8 heteroatoms. The van der Waals surface area contributed by atoms with Crippen LogP contribution in [0.15, 0.2) is 6.20 Å². The van der Waals surface area contributed by atoms with E-state index in [0.29, 0.717) is 50.0 Å².